The molecule has 2 heterocycles. The SMILES string of the molecule is Cc1ccc(-c2cnn3c2NCCC3)cc1. The summed E-state index contributed by atoms with van der Waals surface area (Å²) in [6.07, 6.45) is 3.11. The Kier molecular flexibility index (Phi) is 2.17. The van der Waals surface area contributed by atoms with Crippen LogP contribution in [0.5, 0.6) is 0 Å². The lowest BCUT2D eigenvalue weighted by molar-refractivity contribution is 0.568. The van der Waals surface area contributed by atoms with Gasteiger partial charge in [0.05, 0.1) is 6.20 Å². The highest BCUT2D eigenvalue weighted by Crippen LogP contribution is 2.29. The number of rotatable bonds is 1. The standard InChI is InChI=1S/C13H15N3/c1-10-3-5-11(6-4-10)12-9-15-16-8-2-7-14-13(12)16/h3-6,9,14H,2,7-8H2,1H3. The molecule has 1 N–H and O–H groups in total. The minimum atomic E-state index is 1.02. The molecule has 0 amide bonds. The van der Waals surface area contributed by atoms with Gasteiger partial charge in [-0.25, -0.2) is 4.68 Å². The normalized spacial score (nSPS) is 14.3. The maximum absolute atomic E-state index is 4.41. The second-order valence-corrected chi connectivity index (χ2v) is 4.28. The van der Waals surface area contributed by atoms with Crippen LogP contribution in [0.3, 0.4) is 0 Å². The first-order chi connectivity index (χ1) is 7.84. The van der Waals surface area contributed by atoms with Crippen LogP contribution in [-0.2, 0) is 6.54 Å². The molecular formula is C13H15N3. The van der Waals surface area contributed by atoms with Gasteiger partial charge in [-0.2, -0.15) is 5.10 Å². The maximum atomic E-state index is 4.41. The second kappa shape index (κ2) is 3.67. The smallest absolute Gasteiger partial charge is 0.132 e. The van der Waals surface area contributed by atoms with Crippen molar-refractivity contribution in [3.63, 3.8) is 0 Å². The van der Waals surface area contributed by atoms with E-state index in [1.165, 1.54) is 16.7 Å². The molecule has 0 aliphatic carbocycles. The van der Waals surface area contributed by atoms with Crippen LogP contribution in [0.15, 0.2) is 30.5 Å². The Hall–Kier alpha value is -1.77. The zero-order valence-electron chi connectivity index (χ0n) is 9.40. The van der Waals surface area contributed by atoms with Crippen molar-refractivity contribution in [1.29, 1.82) is 0 Å². The lowest BCUT2D eigenvalue weighted by Gasteiger charge is -2.17. The number of hydrogen-bond acceptors (Lipinski definition) is 2. The van der Waals surface area contributed by atoms with Crippen molar-refractivity contribution in [2.75, 3.05) is 11.9 Å². The van der Waals surface area contributed by atoms with Crippen LogP contribution in [0.1, 0.15) is 12.0 Å². The van der Waals surface area contributed by atoms with Crippen molar-refractivity contribution in [1.82, 2.24) is 9.78 Å². The molecule has 1 aliphatic heterocycles. The number of nitrogens with zero attached hydrogens (tertiary/aromatic N) is 2. The fourth-order valence-electron chi connectivity index (χ4n) is 2.12. The van der Waals surface area contributed by atoms with E-state index in [1.54, 1.807) is 0 Å². The summed E-state index contributed by atoms with van der Waals surface area (Å²) in [6.45, 7) is 4.17. The lowest BCUT2D eigenvalue weighted by Crippen LogP contribution is -2.17. The zero-order valence-corrected chi connectivity index (χ0v) is 9.40. The third kappa shape index (κ3) is 1.48. The monoisotopic (exact) mass is 213 g/mol. The van der Waals surface area contributed by atoms with E-state index in [2.05, 4.69) is 46.3 Å². The summed E-state index contributed by atoms with van der Waals surface area (Å²) < 4.78 is 2.05. The Bertz CT molecular complexity index is 496. The quantitative estimate of drug-likeness (QED) is 0.789. The Labute approximate surface area is 95.1 Å². The first-order valence-corrected chi connectivity index (χ1v) is 5.71. The fourth-order valence-corrected chi connectivity index (χ4v) is 2.12. The molecule has 16 heavy (non-hydrogen) atoms. The Morgan fingerprint density at radius 1 is 1.25 bits per heavy atom. The van der Waals surface area contributed by atoms with Crippen molar-refractivity contribution in [2.45, 2.75) is 19.9 Å². The first-order valence-electron chi connectivity index (χ1n) is 5.71. The van der Waals surface area contributed by atoms with Crippen molar-refractivity contribution in [2.24, 2.45) is 0 Å². The molecule has 0 saturated heterocycles. The van der Waals surface area contributed by atoms with Crippen LogP contribution in [0.2, 0.25) is 0 Å². The predicted molar refractivity (Wildman–Crippen MR) is 65.5 cm³/mol. The number of nitrogens with one attached hydrogen (secondary N) is 1. The summed E-state index contributed by atoms with van der Waals surface area (Å²) in [5, 5.41) is 7.83. The van der Waals surface area contributed by atoms with Crippen LogP contribution in [-0.4, -0.2) is 16.3 Å². The molecule has 1 aromatic heterocycles. The zero-order chi connectivity index (χ0) is 11.0. The predicted octanol–water partition coefficient (Wildman–Crippen LogP) is 2.67. The largest absolute Gasteiger partial charge is 0.370 e. The van der Waals surface area contributed by atoms with Crippen LogP contribution in [0, 0.1) is 6.92 Å². The van der Waals surface area contributed by atoms with E-state index in [0.717, 1.165) is 25.3 Å². The molecule has 0 saturated carbocycles. The molecule has 0 spiro atoms. The molecule has 3 nitrogen and oxygen atoms in total. The topological polar surface area (TPSA) is 29.9 Å². The first kappa shape index (κ1) is 9.46. The van der Waals surface area contributed by atoms with Crippen LogP contribution in [0.4, 0.5) is 5.82 Å². The van der Waals surface area contributed by atoms with E-state index in [1.807, 2.05) is 6.20 Å². The van der Waals surface area contributed by atoms with E-state index in [4.69, 9.17) is 0 Å². The maximum Gasteiger partial charge on any atom is 0.132 e. The number of aryl methyl sites for hydroxylation is 2. The molecular weight excluding hydrogens is 198 g/mol. The molecule has 2 aromatic rings. The molecule has 3 rings (SSSR count). The molecule has 82 valence electrons. The second-order valence-electron chi connectivity index (χ2n) is 4.28. The van der Waals surface area contributed by atoms with Gasteiger partial charge in [0.1, 0.15) is 5.82 Å². The van der Waals surface area contributed by atoms with Crippen molar-refractivity contribution < 1.29 is 0 Å². The average Bonchev–Trinajstić information content (AvgIpc) is 2.74. The summed E-state index contributed by atoms with van der Waals surface area (Å²) in [7, 11) is 0. The van der Waals surface area contributed by atoms with Crippen molar-refractivity contribution in [3.8, 4) is 11.1 Å². The third-order valence-electron chi connectivity index (χ3n) is 3.04. The van der Waals surface area contributed by atoms with Crippen LogP contribution < -0.4 is 5.32 Å². The van der Waals surface area contributed by atoms with Gasteiger partial charge in [-0.3, -0.25) is 0 Å². The minimum absolute atomic E-state index is 1.02. The summed E-state index contributed by atoms with van der Waals surface area (Å²) in [5.41, 5.74) is 3.73. The number of hydrogen-bond donors (Lipinski definition) is 1. The van der Waals surface area contributed by atoms with Gasteiger partial charge in [0.2, 0.25) is 0 Å². The summed E-state index contributed by atoms with van der Waals surface area (Å²) >= 11 is 0. The number of aromatic nitrogens is 2. The van der Waals surface area contributed by atoms with Gasteiger partial charge >= 0.3 is 0 Å². The van der Waals surface area contributed by atoms with Gasteiger partial charge in [-0.15, -0.1) is 0 Å². The number of benzene rings is 1. The van der Waals surface area contributed by atoms with Crippen LogP contribution in [0.25, 0.3) is 11.1 Å². The van der Waals surface area contributed by atoms with E-state index in [0.29, 0.717) is 0 Å². The number of anilines is 1. The van der Waals surface area contributed by atoms with E-state index < -0.39 is 0 Å². The van der Waals surface area contributed by atoms with Gasteiger partial charge in [0, 0.05) is 18.7 Å². The molecule has 3 heteroatoms. The van der Waals surface area contributed by atoms with E-state index >= 15 is 0 Å². The van der Waals surface area contributed by atoms with Gasteiger partial charge < -0.3 is 5.32 Å². The Balaban J connectivity index is 2.06. The highest BCUT2D eigenvalue weighted by atomic mass is 15.3. The molecule has 0 radical (unpaired) electrons. The molecule has 1 aliphatic rings. The highest BCUT2D eigenvalue weighted by molar-refractivity contribution is 5.75. The molecule has 0 bridgehead atoms. The van der Waals surface area contributed by atoms with Crippen molar-refractivity contribution >= 4 is 5.82 Å². The molecule has 0 fully saturated rings. The van der Waals surface area contributed by atoms with Crippen LogP contribution >= 0.6 is 0 Å². The van der Waals surface area contributed by atoms with Gasteiger partial charge in [0.15, 0.2) is 0 Å². The summed E-state index contributed by atoms with van der Waals surface area (Å²) in [6, 6.07) is 8.59. The third-order valence-corrected chi connectivity index (χ3v) is 3.04. The molecule has 0 atom stereocenters. The molecule has 0 unspecified atom stereocenters. The fraction of sp³-hybridized carbons (Fsp3) is 0.308. The Morgan fingerprint density at radius 3 is 2.88 bits per heavy atom. The van der Waals surface area contributed by atoms with Crippen molar-refractivity contribution in [3.05, 3.63) is 36.0 Å². The number of fused-ring (bicyclic) bond motifs is 1. The minimum Gasteiger partial charge on any atom is -0.370 e. The van der Waals surface area contributed by atoms with Gasteiger partial charge in [-0.1, -0.05) is 29.8 Å². The van der Waals surface area contributed by atoms with Gasteiger partial charge in [-0.05, 0) is 18.9 Å². The highest BCUT2D eigenvalue weighted by Gasteiger charge is 2.14. The summed E-state index contributed by atoms with van der Waals surface area (Å²) in [5.74, 6) is 1.16. The lowest BCUT2D eigenvalue weighted by atomic mass is 10.1. The average molecular weight is 213 g/mol. The van der Waals surface area contributed by atoms with E-state index in [-0.39, 0.29) is 0 Å². The Morgan fingerprint density at radius 2 is 2.06 bits per heavy atom. The summed E-state index contributed by atoms with van der Waals surface area (Å²) in [4.78, 5) is 0. The molecule has 1 aromatic carbocycles. The van der Waals surface area contributed by atoms with E-state index in [9.17, 15) is 0 Å². The van der Waals surface area contributed by atoms with Gasteiger partial charge in [0.25, 0.3) is 0 Å².